The zero-order valence-electron chi connectivity index (χ0n) is 14.6. The maximum atomic E-state index is 12.1. The van der Waals surface area contributed by atoms with Gasteiger partial charge in [-0.3, -0.25) is 25.0 Å². The molecule has 1 rings (SSSR count). The summed E-state index contributed by atoms with van der Waals surface area (Å²) in [5.74, 6) is -0.675. The number of alkyl halides is 1. The molecule has 0 aliphatic heterocycles. The molecule has 0 atom stereocenters. The molecule has 0 spiro atoms. The van der Waals surface area contributed by atoms with E-state index in [1.165, 1.54) is 0 Å². The fourth-order valence-electron chi connectivity index (χ4n) is 2.01. The number of nitrogens with zero attached hydrogens (tertiary/aromatic N) is 3. The highest BCUT2D eigenvalue weighted by Crippen LogP contribution is 2.24. The molecule has 0 unspecified atom stereocenters. The van der Waals surface area contributed by atoms with Gasteiger partial charge in [-0.25, -0.2) is 4.79 Å². The van der Waals surface area contributed by atoms with Gasteiger partial charge in [0.05, 0.1) is 26.7 Å². The largest absolute Gasteiger partial charge is 0.371 e. The van der Waals surface area contributed by atoms with Gasteiger partial charge in [-0.15, -0.1) is 11.6 Å². The fraction of sp³-hybridized carbons (Fsp3) is 0.429. The van der Waals surface area contributed by atoms with Crippen molar-refractivity contribution < 1.29 is 24.3 Å². The number of nitro groups is 2. The van der Waals surface area contributed by atoms with Crippen molar-refractivity contribution in [2.75, 3.05) is 25.5 Å². The second kappa shape index (κ2) is 11.4. The molecule has 13 nitrogen and oxygen atoms in total. The fourth-order valence-corrected chi connectivity index (χ4v) is 2.16. The summed E-state index contributed by atoms with van der Waals surface area (Å²) >= 11 is 5.34. The van der Waals surface area contributed by atoms with Gasteiger partial charge >= 0.3 is 6.03 Å². The zero-order valence-corrected chi connectivity index (χ0v) is 15.3. The summed E-state index contributed by atoms with van der Waals surface area (Å²) in [6, 6.07) is 2.06. The van der Waals surface area contributed by atoms with Crippen LogP contribution < -0.4 is 16.1 Å². The molecule has 0 aromatic heterocycles. The summed E-state index contributed by atoms with van der Waals surface area (Å²) in [5.41, 5.74) is 0.560. The number of nitroso groups, excluding NO2 is 1. The number of carbonyl (C=O) groups excluding carboxylic acids is 2. The van der Waals surface area contributed by atoms with Crippen LogP contribution in [0.15, 0.2) is 18.2 Å². The Kier molecular flexibility index (Phi) is 9.22. The first kappa shape index (κ1) is 22.7. The first-order chi connectivity index (χ1) is 13.3. The van der Waals surface area contributed by atoms with Crippen LogP contribution in [-0.2, 0) is 0 Å². The van der Waals surface area contributed by atoms with Crippen LogP contribution in [0.3, 0.4) is 0 Å². The molecule has 1 aromatic carbocycles. The summed E-state index contributed by atoms with van der Waals surface area (Å²) in [6.45, 7) is 0.333. The summed E-state index contributed by atoms with van der Waals surface area (Å²) < 4.78 is 0. The summed E-state index contributed by atoms with van der Waals surface area (Å²) in [7, 11) is 0. The Morgan fingerprint density at radius 3 is 2.21 bits per heavy atom. The lowest BCUT2D eigenvalue weighted by atomic mass is 10.1. The Labute approximate surface area is 163 Å². The van der Waals surface area contributed by atoms with E-state index in [0.29, 0.717) is 17.7 Å². The first-order valence-electron chi connectivity index (χ1n) is 8.02. The Bertz CT molecular complexity index is 773. The van der Waals surface area contributed by atoms with Crippen molar-refractivity contribution in [2.24, 2.45) is 0 Å². The van der Waals surface area contributed by atoms with Crippen molar-refractivity contribution in [3.05, 3.63) is 48.9 Å². The maximum absolute atomic E-state index is 12.1. The van der Waals surface area contributed by atoms with Gasteiger partial charge in [-0.1, -0.05) is 5.43 Å². The number of benzene rings is 1. The number of hydrogen-bond donors (Lipinski definition) is 3. The molecule has 0 aliphatic carbocycles. The average molecular weight is 418 g/mol. The molecule has 3 N–H and O–H groups in total. The minimum atomic E-state index is -0.867. The molecule has 0 saturated carbocycles. The van der Waals surface area contributed by atoms with Gasteiger partial charge in [0.1, 0.15) is 10.4 Å². The lowest BCUT2D eigenvalue weighted by Crippen LogP contribution is -2.42. The monoisotopic (exact) mass is 417 g/mol. The Hall–Kier alpha value is -3.35. The lowest BCUT2D eigenvalue weighted by molar-refractivity contribution is -0.588. The van der Waals surface area contributed by atoms with Crippen LogP contribution >= 0.6 is 11.6 Å². The van der Waals surface area contributed by atoms with Crippen LogP contribution in [0.2, 0.25) is 0 Å². The lowest BCUT2D eigenvalue weighted by Gasteiger charge is -2.06. The molecular weight excluding hydrogens is 400 g/mol. The second-order valence-corrected chi connectivity index (χ2v) is 5.72. The normalized spacial score (nSPS) is 10.0. The predicted molar refractivity (Wildman–Crippen MR) is 97.1 cm³/mol. The highest BCUT2D eigenvalue weighted by Gasteiger charge is 2.23. The molecular formula is C14H18ClN6O7+. The van der Waals surface area contributed by atoms with E-state index in [-0.39, 0.29) is 31.1 Å². The third kappa shape index (κ3) is 7.49. The molecule has 0 radical (unpaired) electrons. The first-order valence-corrected chi connectivity index (χ1v) is 8.56. The Morgan fingerprint density at radius 1 is 1.00 bits per heavy atom. The van der Waals surface area contributed by atoms with Gasteiger partial charge in [0.25, 0.3) is 17.3 Å². The van der Waals surface area contributed by atoms with E-state index in [0.717, 1.165) is 18.2 Å². The molecule has 0 aliphatic rings. The molecule has 0 saturated heterocycles. The number of unbranched alkanes of at least 4 members (excludes halogenated alkanes) is 1. The number of hydrogen-bond acceptors (Lipinski definition) is 7. The van der Waals surface area contributed by atoms with Crippen LogP contribution in [0.4, 0.5) is 16.2 Å². The SMILES string of the molecule is O=C(NCCCCNC(=O)c1ccc([N+](=O)[O-])cc1[N+](=O)[O-])N[N+](=O)CCCl. The van der Waals surface area contributed by atoms with Gasteiger partial charge in [0.2, 0.25) is 6.54 Å². The molecule has 152 valence electrons. The Balaban J connectivity index is 2.41. The van der Waals surface area contributed by atoms with Gasteiger partial charge in [-0.2, -0.15) is 0 Å². The third-order valence-electron chi connectivity index (χ3n) is 3.32. The smallest absolute Gasteiger partial charge is 0.352 e. The van der Waals surface area contributed by atoms with Crippen LogP contribution in [-0.4, -0.2) is 52.2 Å². The van der Waals surface area contributed by atoms with Crippen molar-refractivity contribution in [2.45, 2.75) is 12.8 Å². The van der Waals surface area contributed by atoms with Gasteiger partial charge in [0.15, 0.2) is 0 Å². The van der Waals surface area contributed by atoms with E-state index in [9.17, 15) is 34.7 Å². The van der Waals surface area contributed by atoms with E-state index in [1.807, 2.05) is 5.43 Å². The average Bonchev–Trinajstić information content (AvgIpc) is 2.63. The van der Waals surface area contributed by atoms with Crippen LogP contribution in [0.25, 0.3) is 0 Å². The summed E-state index contributed by atoms with van der Waals surface area (Å²) in [5, 5.41) is 26.6. The Morgan fingerprint density at radius 2 is 1.64 bits per heavy atom. The van der Waals surface area contributed by atoms with Gasteiger partial charge in [0, 0.05) is 19.2 Å². The van der Waals surface area contributed by atoms with Gasteiger partial charge < -0.3 is 10.6 Å². The summed E-state index contributed by atoms with van der Waals surface area (Å²) in [6.07, 6.45) is 0.903. The zero-order chi connectivity index (χ0) is 21.1. The topological polar surface area (TPSA) is 177 Å². The molecule has 3 amide bonds. The van der Waals surface area contributed by atoms with Crippen molar-refractivity contribution in [1.29, 1.82) is 0 Å². The molecule has 0 bridgehead atoms. The van der Waals surface area contributed by atoms with Crippen LogP contribution in [0.5, 0.6) is 0 Å². The number of nitrogens with one attached hydrogen (secondary N) is 3. The van der Waals surface area contributed by atoms with Crippen molar-refractivity contribution >= 4 is 34.9 Å². The van der Waals surface area contributed by atoms with Crippen molar-refractivity contribution in [3.8, 4) is 0 Å². The van der Waals surface area contributed by atoms with Crippen LogP contribution in [0.1, 0.15) is 23.2 Å². The van der Waals surface area contributed by atoms with Gasteiger partial charge in [-0.05, 0) is 18.9 Å². The number of halogens is 1. The molecule has 1 aromatic rings. The number of non-ortho nitro benzene ring substituents is 1. The van der Waals surface area contributed by atoms with E-state index in [1.54, 1.807) is 0 Å². The van der Waals surface area contributed by atoms with Crippen molar-refractivity contribution in [3.63, 3.8) is 0 Å². The number of urea groups is 1. The second-order valence-electron chi connectivity index (χ2n) is 5.34. The molecule has 0 heterocycles. The summed E-state index contributed by atoms with van der Waals surface area (Å²) in [4.78, 5) is 54.8. The highest BCUT2D eigenvalue weighted by molar-refractivity contribution is 6.17. The minimum Gasteiger partial charge on any atom is -0.352 e. The van der Waals surface area contributed by atoms with E-state index < -0.39 is 33.2 Å². The minimum absolute atomic E-state index is 0.0597. The third-order valence-corrected chi connectivity index (χ3v) is 3.49. The van der Waals surface area contributed by atoms with E-state index in [2.05, 4.69) is 10.6 Å². The standard InChI is InChI=1S/C14H17ClN6O7/c15-5-8-19(24)18-14(23)17-7-2-1-6-16-13(22)11-4-3-10(20(25)26)9-12(11)21(27)28/h3-4,9H,1-2,5-8H2,(H2-,16,17,18,22,23,24)/p+1. The number of hydrazine groups is 1. The van der Waals surface area contributed by atoms with Crippen LogP contribution in [0, 0.1) is 25.1 Å². The number of rotatable bonds is 11. The van der Waals surface area contributed by atoms with E-state index >= 15 is 0 Å². The molecule has 28 heavy (non-hydrogen) atoms. The number of carbonyl (C=O) groups is 2. The maximum Gasteiger partial charge on any atom is 0.371 e. The number of nitro benzene ring substituents is 2. The predicted octanol–water partition coefficient (Wildman–Crippen LogP) is 1.24. The molecule has 14 heteroatoms. The van der Waals surface area contributed by atoms with Crippen molar-refractivity contribution in [1.82, 2.24) is 16.1 Å². The highest BCUT2D eigenvalue weighted by atomic mass is 35.5. The number of amides is 3. The van der Waals surface area contributed by atoms with E-state index in [4.69, 9.17) is 11.6 Å². The molecule has 0 fully saturated rings. The quantitative estimate of drug-likeness (QED) is 0.159.